The molecule has 4 nitrogen and oxygen atoms in total. The van der Waals surface area contributed by atoms with Gasteiger partial charge in [0.2, 0.25) is 0 Å². The van der Waals surface area contributed by atoms with E-state index in [4.69, 9.17) is 5.73 Å². The van der Waals surface area contributed by atoms with Gasteiger partial charge in [0.25, 0.3) is 0 Å². The molecule has 1 aliphatic carbocycles. The summed E-state index contributed by atoms with van der Waals surface area (Å²) in [7, 11) is 0. The van der Waals surface area contributed by atoms with Crippen LogP contribution < -0.4 is 5.73 Å². The zero-order valence-electron chi connectivity index (χ0n) is 6.33. The van der Waals surface area contributed by atoms with Crippen LogP contribution in [0.4, 0.5) is 0 Å². The summed E-state index contributed by atoms with van der Waals surface area (Å²) < 4.78 is 0. The van der Waals surface area contributed by atoms with Crippen LogP contribution in [0.1, 0.15) is 31.1 Å². The largest absolute Gasteiger partial charge is 0.321 e. The van der Waals surface area contributed by atoms with Crippen LogP contribution >= 0.6 is 0 Å². The minimum Gasteiger partial charge on any atom is -0.321 e. The number of H-pyrrole nitrogens is 1. The summed E-state index contributed by atoms with van der Waals surface area (Å²) in [6.07, 6.45) is 5.30. The maximum atomic E-state index is 5.91. The molecule has 0 radical (unpaired) electrons. The highest BCUT2D eigenvalue weighted by Gasteiger charge is 2.26. The van der Waals surface area contributed by atoms with Crippen molar-refractivity contribution in [3.05, 3.63) is 12.2 Å². The molecule has 2 rings (SSSR count). The lowest BCUT2D eigenvalue weighted by molar-refractivity contribution is 0.258. The predicted octanol–water partition coefficient (Wildman–Crippen LogP) is 0.605. The van der Waals surface area contributed by atoms with Gasteiger partial charge in [0.05, 0.1) is 6.04 Å². The summed E-state index contributed by atoms with van der Waals surface area (Å²) >= 11 is 0. The molecule has 1 aromatic heterocycles. The molecule has 1 unspecified atom stereocenters. The standard InChI is InChI=1S/C7H12N4/c8-6(5-2-1-3-5)7-9-4-10-11-7/h4-6H,1-3,8H2,(H,9,10,11). The third-order valence-corrected chi connectivity index (χ3v) is 2.41. The molecule has 1 heterocycles. The molecule has 1 saturated carbocycles. The van der Waals surface area contributed by atoms with Crippen molar-refractivity contribution < 1.29 is 0 Å². The van der Waals surface area contributed by atoms with Crippen LogP contribution in [0, 0.1) is 5.92 Å². The Morgan fingerprint density at radius 1 is 1.64 bits per heavy atom. The average Bonchev–Trinajstić information content (AvgIpc) is 2.32. The Morgan fingerprint density at radius 3 is 2.91 bits per heavy atom. The molecular weight excluding hydrogens is 140 g/mol. The molecule has 1 aromatic rings. The van der Waals surface area contributed by atoms with E-state index >= 15 is 0 Å². The minimum absolute atomic E-state index is 0.0752. The smallest absolute Gasteiger partial charge is 0.141 e. The number of nitrogens with zero attached hydrogens (tertiary/aromatic N) is 2. The van der Waals surface area contributed by atoms with Gasteiger partial charge in [-0.2, -0.15) is 5.10 Å². The third-order valence-electron chi connectivity index (χ3n) is 2.41. The van der Waals surface area contributed by atoms with E-state index in [2.05, 4.69) is 15.2 Å². The molecule has 0 saturated heterocycles. The number of nitrogens with one attached hydrogen (secondary N) is 1. The lowest BCUT2D eigenvalue weighted by Crippen LogP contribution is -2.27. The quantitative estimate of drug-likeness (QED) is 0.652. The number of aromatic nitrogens is 3. The van der Waals surface area contributed by atoms with Crippen molar-refractivity contribution >= 4 is 0 Å². The lowest BCUT2D eigenvalue weighted by atomic mass is 9.80. The van der Waals surface area contributed by atoms with Gasteiger partial charge in [-0.3, -0.25) is 5.10 Å². The molecule has 3 N–H and O–H groups in total. The summed E-state index contributed by atoms with van der Waals surface area (Å²) in [4.78, 5) is 4.03. The second kappa shape index (κ2) is 2.62. The van der Waals surface area contributed by atoms with E-state index < -0.39 is 0 Å². The predicted molar refractivity (Wildman–Crippen MR) is 40.7 cm³/mol. The molecule has 1 atom stereocenters. The van der Waals surface area contributed by atoms with Gasteiger partial charge in [-0.15, -0.1) is 0 Å². The van der Waals surface area contributed by atoms with Gasteiger partial charge < -0.3 is 5.73 Å². The van der Waals surface area contributed by atoms with Crippen LogP contribution in [-0.4, -0.2) is 15.2 Å². The van der Waals surface area contributed by atoms with Gasteiger partial charge in [-0.05, 0) is 18.8 Å². The molecule has 11 heavy (non-hydrogen) atoms. The second-order valence-electron chi connectivity index (χ2n) is 3.09. The Morgan fingerprint density at radius 2 is 2.45 bits per heavy atom. The number of hydrogen-bond donors (Lipinski definition) is 2. The number of rotatable bonds is 2. The molecular formula is C7H12N4. The van der Waals surface area contributed by atoms with Crippen molar-refractivity contribution in [2.45, 2.75) is 25.3 Å². The highest BCUT2D eigenvalue weighted by molar-refractivity contribution is 4.95. The SMILES string of the molecule is NC(c1ncn[nH]1)C1CCC1. The highest BCUT2D eigenvalue weighted by Crippen LogP contribution is 2.34. The minimum atomic E-state index is 0.0752. The maximum Gasteiger partial charge on any atom is 0.141 e. The first-order valence-electron chi connectivity index (χ1n) is 3.99. The Hall–Kier alpha value is -0.900. The molecule has 0 bridgehead atoms. The van der Waals surface area contributed by atoms with E-state index in [9.17, 15) is 0 Å². The molecule has 0 spiro atoms. The van der Waals surface area contributed by atoms with Gasteiger partial charge in [-0.1, -0.05) is 6.42 Å². The van der Waals surface area contributed by atoms with E-state index in [1.54, 1.807) is 0 Å². The topological polar surface area (TPSA) is 67.6 Å². The zero-order chi connectivity index (χ0) is 7.68. The van der Waals surface area contributed by atoms with Crippen LogP contribution in [0.25, 0.3) is 0 Å². The third kappa shape index (κ3) is 1.14. The van der Waals surface area contributed by atoms with Crippen molar-refractivity contribution in [2.75, 3.05) is 0 Å². The first-order valence-corrected chi connectivity index (χ1v) is 3.99. The number of nitrogens with two attached hydrogens (primary N) is 1. The van der Waals surface area contributed by atoms with Crippen molar-refractivity contribution in [3.63, 3.8) is 0 Å². The van der Waals surface area contributed by atoms with Crippen molar-refractivity contribution in [3.8, 4) is 0 Å². The van der Waals surface area contributed by atoms with E-state index in [1.165, 1.54) is 25.6 Å². The van der Waals surface area contributed by atoms with Crippen molar-refractivity contribution in [1.82, 2.24) is 15.2 Å². The van der Waals surface area contributed by atoms with Crippen LogP contribution in [-0.2, 0) is 0 Å². The molecule has 60 valence electrons. The lowest BCUT2D eigenvalue weighted by Gasteiger charge is -2.29. The van der Waals surface area contributed by atoms with E-state index in [0.717, 1.165) is 5.82 Å². The molecule has 0 amide bonds. The summed E-state index contributed by atoms with van der Waals surface area (Å²) in [5.74, 6) is 1.46. The molecule has 0 aromatic carbocycles. The van der Waals surface area contributed by atoms with Crippen LogP contribution in [0.2, 0.25) is 0 Å². The average molecular weight is 152 g/mol. The van der Waals surface area contributed by atoms with Crippen molar-refractivity contribution in [1.29, 1.82) is 0 Å². The number of aromatic amines is 1. The van der Waals surface area contributed by atoms with E-state index in [1.807, 2.05) is 0 Å². The monoisotopic (exact) mass is 152 g/mol. The van der Waals surface area contributed by atoms with Crippen LogP contribution in [0.15, 0.2) is 6.33 Å². The molecule has 0 aliphatic heterocycles. The van der Waals surface area contributed by atoms with Crippen LogP contribution in [0.5, 0.6) is 0 Å². The summed E-state index contributed by atoms with van der Waals surface area (Å²) in [6.45, 7) is 0. The Bertz CT molecular complexity index is 214. The molecule has 1 fully saturated rings. The van der Waals surface area contributed by atoms with Crippen LogP contribution in [0.3, 0.4) is 0 Å². The maximum absolute atomic E-state index is 5.91. The van der Waals surface area contributed by atoms with Gasteiger partial charge in [0.15, 0.2) is 0 Å². The molecule has 1 aliphatic rings. The van der Waals surface area contributed by atoms with Gasteiger partial charge >= 0.3 is 0 Å². The van der Waals surface area contributed by atoms with E-state index in [-0.39, 0.29) is 6.04 Å². The first kappa shape index (κ1) is 6.79. The van der Waals surface area contributed by atoms with Gasteiger partial charge in [0, 0.05) is 0 Å². The fourth-order valence-corrected chi connectivity index (χ4v) is 1.40. The Balaban J connectivity index is 2.04. The summed E-state index contributed by atoms with van der Waals surface area (Å²) in [5, 5.41) is 6.57. The highest BCUT2D eigenvalue weighted by atomic mass is 15.2. The summed E-state index contributed by atoms with van der Waals surface area (Å²) in [5.41, 5.74) is 5.91. The summed E-state index contributed by atoms with van der Waals surface area (Å²) in [6, 6.07) is 0.0752. The van der Waals surface area contributed by atoms with E-state index in [0.29, 0.717) is 5.92 Å². The van der Waals surface area contributed by atoms with Gasteiger partial charge in [0.1, 0.15) is 12.2 Å². The number of hydrogen-bond acceptors (Lipinski definition) is 3. The normalized spacial score (nSPS) is 21.2. The Kier molecular flexibility index (Phi) is 1.62. The first-order chi connectivity index (χ1) is 5.38. The Labute approximate surface area is 65.2 Å². The zero-order valence-corrected chi connectivity index (χ0v) is 6.33. The second-order valence-corrected chi connectivity index (χ2v) is 3.09. The molecule has 4 heteroatoms. The fraction of sp³-hybridized carbons (Fsp3) is 0.714. The van der Waals surface area contributed by atoms with Gasteiger partial charge in [-0.25, -0.2) is 4.98 Å². The fourth-order valence-electron chi connectivity index (χ4n) is 1.40. The van der Waals surface area contributed by atoms with Crippen molar-refractivity contribution in [2.24, 2.45) is 11.7 Å².